The molecule has 122 valence electrons. The van der Waals surface area contributed by atoms with Crippen molar-refractivity contribution in [2.75, 3.05) is 6.54 Å². The Morgan fingerprint density at radius 2 is 2.00 bits per heavy atom. The summed E-state index contributed by atoms with van der Waals surface area (Å²) in [5.41, 5.74) is 4.19. The molecule has 0 aliphatic carbocycles. The average molecular weight is 342 g/mol. The van der Waals surface area contributed by atoms with Crippen molar-refractivity contribution in [3.63, 3.8) is 0 Å². The smallest absolute Gasteiger partial charge is 0.261 e. The number of nitrogens with one attached hydrogen (secondary N) is 1. The van der Waals surface area contributed by atoms with Crippen LogP contribution in [-0.4, -0.2) is 23.2 Å². The van der Waals surface area contributed by atoms with E-state index in [4.69, 9.17) is 0 Å². The maximum absolute atomic E-state index is 12.8. The Morgan fingerprint density at radius 3 is 2.75 bits per heavy atom. The Hall–Kier alpha value is -2.80. The number of rotatable bonds is 4. The molecule has 0 spiro atoms. The molecule has 0 unspecified atom stereocenters. The lowest BCUT2D eigenvalue weighted by atomic mass is 10.2. The van der Waals surface area contributed by atoms with Crippen LogP contribution in [0.3, 0.4) is 0 Å². The Balaban J connectivity index is 1.64. The van der Waals surface area contributed by atoms with Crippen molar-refractivity contribution in [2.24, 2.45) is 17.1 Å². The topological polar surface area (TPSA) is 58.8 Å². The molecule has 7 heteroatoms. The van der Waals surface area contributed by atoms with Crippen LogP contribution in [0.2, 0.25) is 0 Å². The fourth-order valence-electron chi connectivity index (χ4n) is 2.13. The average Bonchev–Trinajstić information content (AvgIpc) is 2.91. The summed E-state index contributed by atoms with van der Waals surface area (Å²) >= 11 is 1.53. The molecule has 0 aliphatic rings. The SMILES string of the molecule is Cn1c(=NCC(=O)N/N=C\c2ccc(F)cc2)sc2ccccc21. The molecule has 1 amide bonds. The first-order valence-electron chi connectivity index (χ1n) is 7.26. The first kappa shape index (κ1) is 16.1. The second kappa shape index (κ2) is 7.18. The molecule has 0 saturated heterocycles. The standard InChI is InChI=1S/C17H15FN4OS/c1-22-14-4-2-3-5-15(14)24-17(22)19-11-16(23)21-20-10-12-6-8-13(18)9-7-12/h2-10H,11H2,1H3,(H,21,23)/b19-17?,20-10-. The maximum Gasteiger partial charge on any atom is 0.261 e. The molecule has 0 aliphatic heterocycles. The lowest BCUT2D eigenvalue weighted by molar-refractivity contribution is -0.119. The van der Waals surface area contributed by atoms with Gasteiger partial charge in [0.25, 0.3) is 5.91 Å². The largest absolute Gasteiger partial charge is 0.320 e. The minimum atomic E-state index is -0.314. The number of aryl methyl sites for hydroxylation is 1. The number of carbonyl (C=O) groups excluding carboxylic acids is 1. The zero-order valence-corrected chi connectivity index (χ0v) is 13.8. The lowest BCUT2D eigenvalue weighted by Crippen LogP contribution is -2.22. The summed E-state index contributed by atoms with van der Waals surface area (Å²) in [6, 6.07) is 13.8. The lowest BCUT2D eigenvalue weighted by Gasteiger charge is -1.96. The molecule has 2 aromatic carbocycles. The van der Waals surface area contributed by atoms with E-state index in [1.54, 1.807) is 12.1 Å². The van der Waals surface area contributed by atoms with Crippen LogP contribution in [0.1, 0.15) is 5.56 Å². The Morgan fingerprint density at radius 1 is 1.25 bits per heavy atom. The Bertz CT molecular complexity index is 957. The van der Waals surface area contributed by atoms with E-state index in [1.165, 1.54) is 29.7 Å². The minimum Gasteiger partial charge on any atom is -0.320 e. The van der Waals surface area contributed by atoms with E-state index in [0.29, 0.717) is 5.56 Å². The predicted octanol–water partition coefficient (Wildman–Crippen LogP) is 2.43. The monoisotopic (exact) mass is 342 g/mol. The number of benzene rings is 2. The number of hydrogen-bond acceptors (Lipinski definition) is 4. The number of para-hydroxylation sites is 1. The van der Waals surface area contributed by atoms with Crippen molar-refractivity contribution in [1.82, 2.24) is 9.99 Å². The zero-order chi connectivity index (χ0) is 16.9. The fourth-order valence-corrected chi connectivity index (χ4v) is 3.15. The Labute approximate surface area is 141 Å². The molecule has 24 heavy (non-hydrogen) atoms. The van der Waals surface area contributed by atoms with Gasteiger partial charge in [-0.25, -0.2) is 14.8 Å². The predicted molar refractivity (Wildman–Crippen MR) is 93.4 cm³/mol. The summed E-state index contributed by atoms with van der Waals surface area (Å²) in [5, 5.41) is 3.84. The van der Waals surface area contributed by atoms with E-state index in [9.17, 15) is 9.18 Å². The first-order chi connectivity index (χ1) is 11.6. The molecule has 0 radical (unpaired) electrons. The highest BCUT2D eigenvalue weighted by atomic mass is 32.1. The number of aromatic nitrogens is 1. The normalized spacial score (nSPS) is 12.2. The number of amides is 1. The first-order valence-corrected chi connectivity index (χ1v) is 8.07. The number of carbonyl (C=O) groups is 1. The van der Waals surface area contributed by atoms with Crippen molar-refractivity contribution in [3.05, 3.63) is 64.7 Å². The maximum atomic E-state index is 12.8. The van der Waals surface area contributed by atoms with Crippen molar-refractivity contribution >= 4 is 33.7 Å². The summed E-state index contributed by atoms with van der Waals surface area (Å²) in [4.78, 5) is 16.9. The number of fused-ring (bicyclic) bond motifs is 1. The number of hydrogen-bond donors (Lipinski definition) is 1. The summed E-state index contributed by atoms with van der Waals surface area (Å²) < 4.78 is 15.9. The summed E-state index contributed by atoms with van der Waals surface area (Å²) in [5.74, 6) is -0.628. The van der Waals surface area contributed by atoms with E-state index < -0.39 is 0 Å². The molecule has 3 aromatic rings. The summed E-state index contributed by atoms with van der Waals surface area (Å²) in [7, 11) is 1.92. The molecule has 1 N–H and O–H groups in total. The minimum absolute atomic E-state index is 0.0125. The van der Waals surface area contributed by atoms with Gasteiger partial charge in [-0.05, 0) is 29.8 Å². The second-order valence-electron chi connectivity index (χ2n) is 5.07. The zero-order valence-electron chi connectivity index (χ0n) is 12.9. The van der Waals surface area contributed by atoms with Crippen molar-refractivity contribution < 1.29 is 9.18 Å². The van der Waals surface area contributed by atoms with E-state index >= 15 is 0 Å². The third kappa shape index (κ3) is 3.75. The van der Waals surface area contributed by atoms with Crippen molar-refractivity contribution in [2.45, 2.75) is 0 Å². The van der Waals surface area contributed by atoms with Gasteiger partial charge in [0.05, 0.1) is 16.4 Å². The molecule has 1 aromatic heterocycles. The van der Waals surface area contributed by atoms with E-state index in [1.807, 2.05) is 35.9 Å². The fraction of sp³-hybridized carbons (Fsp3) is 0.118. The van der Waals surface area contributed by atoms with Gasteiger partial charge in [-0.1, -0.05) is 35.6 Å². The van der Waals surface area contributed by atoms with E-state index in [0.717, 1.165) is 15.0 Å². The Kier molecular flexibility index (Phi) is 4.81. The third-order valence-electron chi connectivity index (χ3n) is 3.35. The highest BCUT2D eigenvalue weighted by Crippen LogP contribution is 2.14. The number of nitrogens with zero attached hydrogens (tertiary/aromatic N) is 3. The van der Waals surface area contributed by atoms with Gasteiger partial charge in [-0.15, -0.1) is 0 Å². The highest BCUT2D eigenvalue weighted by molar-refractivity contribution is 7.16. The number of hydrazone groups is 1. The molecule has 0 bridgehead atoms. The van der Waals surface area contributed by atoms with Crippen molar-refractivity contribution in [3.8, 4) is 0 Å². The summed E-state index contributed by atoms with van der Waals surface area (Å²) in [6.45, 7) is -0.0125. The molecular formula is C17H15FN4OS. The van der Waals surface area contributed by atoms with Gasteiger partial charge < -0.3 is 4.57 Å². The van der Waals surface area contributed by atoms with Crippen LogP contribution in [-0.2, 0) is 11.8 Å². The third-order valence-corrected chi connectivity index (χ3v) is 4.50. The molecule has 0 saturated carbocycles. The van der Waals surface area contributed by atoms with E-state index in [-0.39, 0.29) is 18.3 Å². The van der Waals surface area contributed by atoms with Gasteiger partial charge in [-0.2, -0.15) is 5.10 Å². The molecular weight excluding hydrogens is 327 g/mol. The van der Waals surface area contributed by atoms with Crippen LogP contribution in [0.4, 0.5) is 4.39 Å². The summed E-state index contributed by atoms with van der Waals surface area (Å²) in [6.07, 6.45) is 1.46. The van der Waals surface area contributed by atoms with Gasteiger partial charge in [0, 0.05) is 7.05 Å². The van der Waals surface area contributed by atoms with Crippen molar-refractivity contribution in [1.29, 1.82) is 0 Å². The molecule has 3 rings (SSSR count). The van der Waals surface area contributed by atoms with Crippen LogP contribution < -0.4 is 10.2 Å². The quantitative estimate of drug-likeness (QED) is 0.574. The number of halogens is 1. The second-order valence-corrected chi connectivity index (χ2v) is 6.08. The van der Waals surface area contributed by atoms with Gasteiger partial charge in [0.2, 0.25) is 0 Å². The van der Waals surface area contributed by atoms with Gasteiger partial charge >= 0.3 is 0 Å². The van der Waals surface area contributed by atoms with E-state index in [2.05, 4.69) is 15.5 Å². The van der Waals surface area contributed by atoms with Crippen LogP contribution in [0, 0.1) is 5.82 Å². The molecule has 0 atom stereocenters. The van der Waals surface area contributed by atoms with Gasteiger partial charge in [-0.3, -0.25) is 4.79 Å². The van der Waals surface area contributed by atoms with Crippen LogP contribution in [0.5, 0.6) is 0 Å². The van der Waals surface area contributed by atoms with Crippen LogP contribution in [0.15, 0.2) is 58.6 Å². The highest BCUT2D eigenvalue weighted by Gasteiger charge is 2.02. The number of thiazole rings is 1. The molecule has 0 fully saturated rings. The van der Waals surface area contributed by atoms with Crippen LogP contribution in [0.25, 0.3) is 10.2 Å². The molecule has 1 heterocycles. The van der Waals surface area contributed by atoms with Gasteiger partial charge in [0.1, 0.15) is 12.4 Å². The molecule has 5 nitrogen and oxygen atoms in total. The van der Waals surface area contributed by atoms with Gasteiger partial charge in [0.15, 0.2) is 4.80 Å². The van der Waals surface area contributed by atoms with Crippen LogP contribution >= 0.6 is 11.3 Å².